The summed E-state index contributed by atoms with van der Waals surface area (Å²) in [4.78, 5) is 15.5. The largest absolute Gasteiger partial charge is 0.481 e. The molecule has 1 unspecified atom stereocenters. The minimum absolute atomic E-state index is 0.156. The van der Waals surface area contributed by atoms with E-state index in [0.717, 1.165) is 31.5 Å². The van der Waals surface area contributed by atoms with Gasteiger partial charge in [0.15, 0.2) is 0 Å². The van der Waals surface area contributed by atoms with Crippen molar-refractivity contribution < 1.29 is 9.90 Å². The second-order valence-electron chi connectivity index (χ2n) is 7.01. The second-order valence-corrected chi connectivity index (χ2v) is 7.01. The summed E-state index contributed by atoms with van der Waals surface area (Å²) < 4.78 is 2.07. The Balaban J connectivity index is 1.93. The summed E-state index contributed by atoms with van der Waals surface area (Å²) in [6.07, 6.45) is 8.16. The van der Waals surface area contributed by atoms with Crippen molar-refractivity contribution >= 4 is 5.97 Å². The average molecular weight is 343 g/mol. The summed E-state index contributed by atoms with van der Waals surface area (Å²) in [5.74, 6) is -1.16. The van der Waals surface area contributed by atoms with Gasteiger partial charge in [0, 0.05) is 24.5 Å². The van der Waals surface area contributed by atoms with E-state index in [1.165, 1.54) is 5.56 Å². The molecule has 25 heavy (non-hydrogen) atoms. The van der Waals surface area contributed by atoms with Gasteiger partial charge in [-0.3, -0.25) is 4.79 Å². The molecule has 0 aliphatic carbocycles. The highest BCUT2D eigenvalue weighted by atomic mass is 16.4. The predicted molar refractivity (Wildman–Crippen MR) is 99.6 cm³/mol. The lowest BCUT2D eigenvalue weighted by Crippen LogP contribution is -2.37. The molecule has 0 radical (unpaired) electrons. The molecule has 0 saturated carbocycles. The van der Waals surface area contributed by atoms with E-state index in [-0.39, 0.29) is 5.54 Å². The monoisotopic (exact) mass is 343 g/mol. The van der Waals surface area contributed by atoms with E-state index < -0.39 is 11.9 Å². The molecule has 0 aliphatic heterocycles. The third-order valence-corrected chi connectivity index (χ3v) is 4.63. The van der Waals surface area contributed by atoms with E-state index in [4.69, 9.17) is 0 Å². The van der Waals surface area contributed by atoms with E-state index in [1.807, 2.05) is 43.7 Å². The molecule has 0 aliphatic rings. The standard InChI is InChI=1S/C20H29N3O2/c1-4-6-18(19(24)25)16-7-9-17(10-8-16)20(2,3)22-11-5-13-23-14-12-21-15-23/h7-10,12,14-15,18,22H,4-6,11,13H2,1-3H3,(H,24,25). The van der Waals surface area contributed by atoms with Gasteiger partial charge in [-0.2, -0.15) is 0 Å². The maximum Gasteiger partial charge on any atom is 0.310 e. The van der Waals surface area contributed by atoms with E-state index in [1.54, 1.807) is 6.20 Å². The molecule has 0 bridgehead atoms. The van der Waals surface area contributed by atoms with Crippen LogP contribution in [0, 0.1) is 0 Å². The van der Waals surface area contributed by atoms with E-state index in [0.29, 0.717) is 6.42 Å². The highest BCUT2D eigenvalue weighted by Crippen LogP contribution is 2.26. The van der Waals surface area contributed by atoms with Crippen LogP contribution >= 0.6 is 0 Å². The summed E-state index contributed by atoms with van der Waals surface area (Å²) in [5, 5.41) is 13.0. The van der Waals surface area contributed by atoms with Crippen molar-refractivity contribution in [3.63, 3.8) is 0 Å². The SMILES string of the molecule is CCCC(C(=O)O)c1ccc(C(C)(C)NCCCn2ccnc2)cc1. The van der Waals surface area contributed by atoms with Gasteiger partial charge in [0.1, 0.15) is 0 Å². The van der Waals surface area contributed by atoms with Gasteiger partial charge < -0.3 is 15.0 Å². The summed E-state index contributed by atoms with van der Waals surface area (Å²) in [7, 11) is 0. The molecule has 5 heteroatoms. The summed E-state index contributed by atoms with van der Waals surface area (Å²) in [6.45, 7) is 8.17. The lowest BCUT2D eigenvalue weighted by atomic mass is 9.89. The number of rotatable bonds is 10. The van der Waals surface area contributed by atoms with Crippen LogP contribution in [0.25, 0.3) is 0 Å². The van der Waals surface area contributed by atoms with Gasteiger partial charge >= 0.3 is 5.97 Å². The van der Waals surface area contributed by atoms with Crippen LogP contribution in [0.4, 0.5) is 0 Å². The highest BCUT2D eigenvalue weighted by Gasteiger charge is 2.22. The Morgan fingerprint density at radius 3 is 2.60 bits per heavy atom. The summed E-state index contributed by atoms with van der Waals surface area (Å²) in [5.41, 5.74) is 1.89. The zero-order chi connectivity index (χ0) is 18.3. The van der Waals surface area contributed by atoms with E-state index >= 15 is 0 Å². The molecule has 0 saturated heterocycles. The van der Waals surface area contributed by atoms with Gasteiger partial charge in [0.05, 0.1) is 12.2 Å². The molecule has 0 spiro atoms. The maximum atomic E-state index is 11.4. The molecule has 2 N–H and O–H groups in total. The number of aryl methyl sites for hydroxylation is 1. The van der Waals surface area contributed by atoms with Crippen molar-refractivity contribution in [1.82, 2.24) is 14.9 Å². The van der Waals surface area contributed by atoms with Gasteiger partial charge in [0.2, 0.25) is 0 Å². The number of carboxylic acids is 1. The molecule has 1 atom stereocenters. The Labute approximate surface area is 150 Å². The first-order valence-corrected chi connectivity index (χ1v) is 8.98. The molecule has 2 aromatic rings. The first kappa shape index (κ1) is 19.2. The molecule has 2 rings (SSSR count). The molecule has 1 heterocycles. The average Bonchev–Trinajstić information content (AvgIpc) is 3.10. The van der Waals surface area contributed by atoms with Crippen LogP contribution in [0.1, 0.15) is 57.1 Å². The smallest absolute Gasteiger partial charge is 0.310 e. The van der Waals surface area contributed by atoms with Gasteiger partial charge in [-0.05, 0) is 44.4 Å². The Morgan fingerprint density at radius 1 is 1.32 bits per heavy atom. The van der Waals surface area contributed by atoms with Crippen molar-refractivity contribution in [1.29, 1.82) is 0 Å². The number of aliphatic carboxylic acids is 1. The number of hydrogen-bond donors (Lipinski definition) is 2. The highest BCUT2D eigenvalue weighted by molar-refractivity contribution is 5.76. The van der Waals surface area contributed by atoms with Crippen LogP contribution in [0.5, 0.6) is 0 Å². The van der Waals surface area contributed by atoms with Crippen LogP contribution in [0.15, 0.2) is 43.0 Å². The van der Waals surface area contributed by atoms with Crippen molar-refractivity contribution in [2.24, 2.45) is 0 Å². The molecule has 5 nitrogen and oxygen atoms in total. The number of carboxylic acid groups (broad SMARTS) is 1. The molecule has 0 fully saturated rings. The summed E-state index contributed by atoms with van der Waals surface area (Å²) >= 11 is 0. The van der Waals surface area contributed by atoms with Crippen molar-refractivity contribution in [2.45, 2.75) is 58.0 Å². The topological polar surface area (TPSA) is 67.2 Å². The molecular formula is C20H29N3O2. The third kappa shape index (κ3) is 5.43. The lowest BCUT2D eigenvalue weighted by molar-refractivity contribution is -0.139. The minimum atomic E-state index is -0.744. The maximum absolute atomic E-state index is 11.4. The van der Waals surface area contributed by atoms with Gasteiger partial charge in [0.25, 0.3) is 0 Å². The van der Waals surface area contributed by atoms with Crippen LogP contribution in [0.3, 0.4) is 0 Å². The fraction of sp³-hybridized carbons (Fsp3) is 0.500. The molecule has 0 amide bonds. The van der Waals surface area contributed by atoms with Crippen LogP contribution < -0.4 is 5.32 Å². The third-order valence-electron chi connectivity index (χ3n) is 4.63. The Hall–Kier alpha value is -2.14. The molecule has 1 aromatic heterocycles. The van der Waals surface area contributed by atoms with Crippen LogP contribution in [-0.4, -0.2) is 27.2 Å². The number of aromatic nitrogens is 2. The first-order valence-electron chi connectivity index (χ1n) is 8.98. The van der Waals surface area contributed by atoms with E-state index in [2.05, 4.69) is 28.7 Å². The normalized spacial score (nSPS) is 12.9. The number of nitrogens with one attached hydrogen (secondary N) is 1. The molecular weight excluding hydrogens is 314 g/mol. The second kappa shape index (κ2) is 8.81. The zero-order valence-corrected chi connectivity index (χ0v) is 15.4. The Kier molecular flexibility index (Phi) is 6.76. The fourth-order valence-electron chi connectivity index (χ4n) is 3.04. The quantitative estimate of drug-likeness (QED) is 0.645. The minimum Gasteiger partial charge on any atom is -0.481 e. The van der Waals surface area contributed by atoms with E-state index in [9.17, 15) is 9.90 Å². The number of hydrogen-bond acceptors (Lipinski definition) is 3. The van der Waals surface area contributed by atoms with Crippen molar-refractivity contribution in [3.05, 3.63) is 54.1 Å². The fourth-order valence-corrected chi connectivity index (χ4v) is 3.04. The lowest BCUT2D eigenvalue weighted by Gasteiger charge is -2.27. The van der Waals surface area contributed by atoms with Crippen molar-refractivity contribution in [3.8, 4) is 0 Å². The number of carbonyl (C=O) groups is 1. The molecule has 1 aromatic carbocycles. The number of benzene rings is 1. The number of imidazole rings is 1. The molecule has 136 valence electrons. The Bertz CT molecular complexity index is 648. The summed E-state index contributed by atoms with van der Waals surface area (Å²) in [6, 6.07) is 8.00. The van der Waals surface area contributed by atoms with Crippen LogP contribution in [-0.2, 0) is 16.9 Å². The Morgan fingerprint density at radius 2 is 2.04 bits per heavy atom. The first-order chi connectivity index (χ1) is 11.9. The number of nitrogens with zero attached hydrogens (tertiary/aromatic N) is 2. The van der Waals surface area contributed by atoms with Crippen molar-refractivity contribution in [2.75, 3.05) is 6.54 Å². The van der Waals surface area contributed by atoms with Gasteiger partial charge in [-0.15, -0.1) is 0 Å². The zero-order valence-electron chi connectivity index (χ0n) is 15.4. The van der Waals surface area contributed by atoms with Gasteiger partial charge in [-0.1, -0.05) is 37.6 Å². The van der Waals surface area contributed by atoms with Crippen LogP contribution in [0.2, 0.25) is 0 Å². The predicted octanol–water partition coefficient (Wildman–Crippen LogP) is 3.77. The van der Waals surface area contributed by atoms with Gasteiger partial charge in [-0.25, -0.2) is 4.98 Å².